The van der Waals surface area contributed by atoms with Crippen LogP contribution in [0.5, 0.6) is 0 Å². The molecule has 1 atom stereocenters. The van der Waals surface area contributed by atoms with E-state index in [-0.39, 0.29) is 6.04 Å². The molecule has 0 saturated carbocycles. The van der Waals surface area contributed by atoms with Gasteiger partial charge < -0.3 is 20.4 Å². The number of hydrogen-bond acceptors (Lipinski definition) is 4. The summed E-state index contributed by atoms with van der Waals surface area (Å²) in [6.45, 7) is 2.69. The molecule has 2 aromatic carbocycles. The average Bonchev–Trinajstić information content (AvgIpc) is 2.67. The first-order valence-corrected chi connectivity index (χ1v) is 9.33. The smallest absolute Gasteiger partial charge is 0.309 e. The number of carbonyl (C=O) groups is 2. The second kappa shape index (κ2) is 9.90. The average molecular weight is 383 g/mol. The second-order valence-corrected chi connectivity index (χ2v) is 7.34. The van der Waals surface area contributed by atoms with E-state index in [0.29, 0.717) is 13.1 Å². The number of carbonyl (C=O) groups excluding carboxylic acids is 2. The maximum absolute atomic E-state index is 12.2. The zero-order valence-corrected chi connectivity index (χ0v) is 17.3. The van der Waals surface area contributed by atoms with Crippen LogP contribution in [0.1, 0.15) is 22.7 Å². The number of hydrogen-bond donors (Lipinski definition) is 2. The largest absolute Gasteiger partial charge is 0.378 e. The van der Waals surface area contributed by atoms with Gasteiger partial charge in [0.2, 0.25) is 0 Å². The number of anilines is 1. The van der Waals surface area contributed by atoms with E-state index in [1.165, 1.54) is 0 Å². The normalized spacial score (nSPS) is 11.8. The molecule has 6 heteroatoms. The van der Waals surface area contributed by atoms with Gasteiger partial charge in [-0.25, -0.2) is 0 Å². The predicted octanol–water partition coefficient (Wildman–Crippen LogP) is 2.10. The van der Waals surface area contributed by atoms with Crippen LogP contribution in [-0.4, -0.2) is 51.4 Å². The molecule has 28 heavy (non-hydrogen) atoms. The minimum Gasteiger partial charge on any atom is -0.378 e. The minimum atomic E-state index is -0.624. The topological polar surface area (TPSA) is 64.7 Å². The van der Waals surface area contributed by atoms with Crippen molar-refractivity contribution in [3.8, 4) is 0 Å². The van der Waals surface area contributed by atoms with Crippen LogP contribution >= 0.6 is 0 Å². The summed E-state index contributed by atoms with van der Waals surface area (Å²) >= 11 is 0. The van der Waals surface area contributed by atoms with Gasteiger partial charge in [-0.15, -0.1) is 0 Å². The van der Waals surface area contributed by atoms with Gasteiger partial charge >= 0.3 is 11.8 Å². The molecule has 0 fully saturated rings. The summed E-state index contributed by atoms with van der Waals surface area (Å²) in [5.74, 6) is -1.25. The molecule has 2 amide bonds. The Labute approximate surface area is 167 Å². The maximum Gasteiger partial charge on any atom is 0.309 e. The third-order valence-electron chi connectivity index (χ3n) is 4.65. The Balaban J connectivity index is 1.90. The van der Waals surface area contributed by atoms with Gasteiger partial charge in [-0.2, -0.15) is 0 Å². The fourth-order valence-corrected chi connectivity index (χ4v) is 2.83. The Morgan fingerprint density at radius 1 is 0.857 bits per heavy atom. The molecule has 1 unspecified atom stereocenters. The van der Waals surface area contributed by atoms with Crippen LogP contribution < -0.4 is 15.5 Å². The summed E-state index contributed by atoms with van der Waals surface area (Å²) in [7, 11) is 7.89. The summed E-state index contributed by atoms with van der Waals surface area (Å²) < 4.78 is 0. The van der Waals surface area contributed by atoms with Crippen LogP contribution in [0.4, 0.5) is 5.69 Å². The van der Waals surface area contributed by atoms with Gasteiger partial charge in [-0.3, -0.25) is 9.59 Å². The van der Waals surface area contributed by atoms with Gasteiger partial charge in [-0.1, -0.05) is 42.0 Å². The third kappa shape index (κ3) is 6.09. The van der Waals surface area contributed by atoms with Crippen molar-refractivity contribution in [2.45, 2.75) is 19.5 Å². The lowest BCUT2D eigenvalue weighted by atomic mass is 10.1. The second-order valence-electron chi connectivity index (χ2n) is 7.34. The molecule has 0 radical (unpaired) electrons. The van der Waals surface area contributed by atoms with Crippen molar-refractivity contribution >= 4 is 17.5 Å². The Morgan fingerprint density at radius 3 is 1.96 bits per heavy atom. The molecule has 2 aromatic rings. The lowest BCUT2D eigenvalue weighted by Crippen LogP contribution is -2.42. The highest BCUT2D eigenvalue weighted by Crippen LogP contribution is 2.20. The number of rotatable bonds is 7. The molecule has 150 valence electrons. The first-order chi connectivity index (χ1) is 13.3. The van der Waals surface area contributed by atoms with Gasteiger partial charge in [0.25, 0.3) is 0 Å². The van der Waals surface area contributed by atoms with Crippen LogP contribution in [-0.2, 0) is 16.1 Å². The molecule has 0 saturated heterocycles. The van der Waals surface area contributed by atoms with Crippen LogP contribution in [0.2, 0.25) is 0 Å². The first-order valence-electron chi connectivity index (χ1n) is 9.33. The van der Waals surface area contributed by atoms with Crippen molar-refractivity contribution in [1.29, 1.82) is 0 Å². The van der Waals surface area contributed by atoms with E-state index in [2.05, 4.69) is 10.6 Å². The summed E-state index contributed by atoms with van der Waals surface area (Å²) in [5, 5.41) is 5.40. The molecule has 2 rings (SSSR count). The number of nitrogens with one attached hydrogen (secondary N) is 2. The monoisotopic (exact) mass is 382 g/mol. The minimum absolute atomic E-state index is 0.0231. The molecular weight excluding hydrogens is 352 g/mol. The van der Waals surface area contributed by atoms with E-state index < -0.39 is 11.8 Å². The lowest BCUT2D eigenvalue weighted by molar-refractivity contribution is -0.139. The van der Waals surface area contributed by atoms with E-state index in [1.54, 1.807) is 0 Å². The van der Waals surface area contributed by atoms with Gasteiger partial charge in [0.15, 0.2) is 0 Å². The first kappa shape index (κ1) is 21.4. The van der Waals surface area contributed by atoms with Gasteiger partial charge in [-0.05, 0) is 44.3 Å². The highest BCUT2D eigenvalue weighted by molar-refractivity contribution is 6.35. The quantitative estimate of drug-likeness (QED) is 0.720. The molecule has 0 spiro atoms. The summed E-state index contributed by atoms with van der Waals surface area (Å²) in [6, 6.07) is 16.0. The van der Waals surface area contributed by atoms with Gasteiger partial charge in [0.1, 0.15) is 0 Å². The van der Waals surface area contributed by atoms with Crippen LogP contribution in [0, 0.1) is 6.92 Å². The van der Waals surface area contributed by atoms with Crippen molar-refractivity contribution in [1.82, 2.24) is 15.5 Å². The molecule has 0 bridgehead atoms. The Morgan fingerprint density at radius 2 is 1.43 bits per heavy atom. The number of aryl methyl sites for hydroxylation is 1. The van der Waals surface area contributed by atoms with E-state index in [1.807, 2.05) is 93.4 Å². The Hall–Kier alpha value is -2.86. The third-order valence-corrected chi connectivity index (χ3v) is 4.65. The van der Waals surface area contributed by atoms with E-state index in [9.17, 15) is 9.59 Å². The lowest BCUT2D eigenvalue weighted by Gasteiger charge is -2.25. The SMILES string of the molecule is Cc1ccc(CNC(=O)C(=O)NCC(c2ccc(N(C)C)cc2)N(C)C)cc1. The standard InChI is InChI=1S/C22H30N4O2/c1-16-6-8-17(9-7-16)14-23-21(27)22(28)24-15-20(26(4)5)18-10-12-19(13-11-18)25(2)3/h6-13,20H,14-15H2,1-5H3,(H,23,27)(H,24,28). The van der Waals surface area contributed by atoms with Crippen molar-refractivity contribution in [3.05, 3.63) is 65.2 Å². The maximum atomic E-state index is 12.2. The van der Waals surface area contributed by atoms with E-state index >= 15 is 0 Å². The zero-order chi connectivity index (χ0) is 20.7. The van der Waals surface area contributed by atoms with Crippen LogP contribution in [0.25, 0.3) is 0 Å². The predicted molar refractivity (Wildman–Crippen MR) is 113 cm³/mol. The number of nitrogens with zero attached hydrogens (tertiary/aromatic N) is 2. The summed E-state index contributed by atoms with van der Waals surface area (Å²) in [5.41, 5.74) is 4.30. The fourth-order valence-electron chi connectivity index (χ4n) is 2.83. The van der Waals surface area contributed by atoms with Crippen LogP contribution in [0.15, 0.2) is 48.5 Å². The number of benzene rings is 2. The molecular formula is C22H30N4O2. The fraction of sp³-hybridized carbons (Fsp3) is 0.364. The molecule has 6 nitrogen and oxygen atoms in total. The molecule has 0 aromatic heterocycles. The van der Waals surface area contributed by atoms with Crippen LogP contribution in [0.3, 0.4) is 0 Å². The highest BCUT2D eigenvalue weighted by atomic mass is 16.2. The number of likely N-dealkylation sites (N-methyl/N-ethyl adjacent to an activating group) is 1. The number of amides is 2. The van der Waals surface area contributed by atoms with Crippen molar-refractivity contribution in [2.24, 2.45) is 0 Å². The molecule has 0 aliphatic carbocycles. The van der Waals surface area contributed by atoms with E-state index in [0.717, 1.165) is 22.4 Å². The molecule has 0 heterocycles. The van der Waals surface area contributed by atoms with E-state index in [4.69, 9.17) is 0 Å². The molecule has 0 aliphatic heterocycles. The summed E-state index contributed by atoms with van der Waals surface area (Å²) in [6.07, 6.45) is 0. The van der Waals surface area contributed by atoms with Gasteiger partial charge in [0, 0.05) is 32.9 Å². The highest BCUT2D eigenvalue weighted by Gasteiger charge is 2.18. The van der Waals surface area contributed by atoms with Crippen molar-refractivity contribution in [2.75, 3.05) is 39.6 Å². The Kier molecular flexibility index (Phi) is 7.58. The zero-order valence-electron chi connectivity index (χ0n) is 17.3. The molecule has 2 N–H and O–H groups in total. The van der Waals surface area contributed by atoms with Gasteiger partial charge in [0.05, 0.1) is 6.04 Å². The summed E-state index contributed by atoms with van der Waals surface area (Å²) in [4.78, 5) is 28.3. The molecule has 0 aliphatic rings. The Bertz CT molecular complexity index is 783. The van der Waals surface area contributed by atoms with Crippen molar-refractivity contribution in [3.63, 3.8) is 0 Å². The van der Waals surface area contributed by atoms with Crippen molar-refractivity contribution < 1.29 is 9.59 Å².